The van der Waals surface area contributed by atoms with Gasteiger partial charge in [-0.15, -0.1) is 0 Å². The monoisotopic (exact) mass is 327 g/mol. The Bertz CT molecular complexity index is 857. The Morgan fingerprint density at radius 2 is 2.12 bits per heavy atom. The van der Waals surface area contributed by atoms with Gasteiger partial charge in [0.2, 0.25) is 0 Å². The number of amides is 2. The summed E-state index contributed by atoms with van der Waals surface area (Å²) in [5.41, 5.74) is 2.41. The number of aryl methyl sites for hydroxylation is 1. The molecule has 0 saturated carbocycles. The van der Waals surface area contributed by atoms with E-state index in [-0.39, 0.29) is 17.4 Å². The number of nitrogens with zero attached hydrogens (tertiary/aromatic N) is 1. The van der Waals surface area contributed by atoms with E-state index in [1.807, 2.05) is 6.08 Å². The minimum Gasteiger partial charge on any atom is -0.327 e. The fraction of sp³-hybridized carbons (Fsp3) is 0.222. The smallest absolute Gasteiger partial charge is 0.322 e. The molecule has 124 valence electrons. The van der Waals surface area contributed by atoms with Gasteiger partial charge in [0.05, 0.1) is 5.69 Å². The molecule has 1 aliphatic heterocycles. The summed E-state index contributed by atoms with van der Waals surface area (Å²) < 4.78 is 13.8. The zero-order valence-corrected chi connectivity index (χ0v) is 13.3. The first-order valence-electron chi connectivity index (χ1n) is 7.74. The number of aromatic amines is 1. The number of rotatable bonds is 2. The van der Waals surface area contributed by atoms with E-state index < -0.39 is 0 Å². The van der Waals surface area contributed by atoms with Crippen LogP contribution in [0.2, 0.25) is 0 Å². The summed E-state index contributed by atoms with van der Waals surface area (Å²) >= 11 is 0. The van der Waals surface area contributed by atoms with Crippen molar-refractivity contribution in [2.45, 2.75) is 13.3 Å². The average molecular weight is 327 g/mol. The fourth-order valence-electron chi connectivity index (χ4n) is 2.69. The van der Waals surface area contributed by atoms with Gasteiger partial charge >= 0.3 is 6.03 Å². The minimum absolute atomic E-state index is 0.177. The van der Waals surface area contributed by atoms with Crippen molar-refractivity contribution in [2.75, 3.05) is 18.4 Å². The van der Waals surface area contributed by atoms with Crippen molar-refractivity contribution in [1.82, 2.24) is 9.88 Å². The topological polar surface area (TPSA) is 65.2 Å². The lowest BCUT2D eigenvalue weighted by atomic mass is 9.99. The molecule has 2 heterocycles. The molecule has 24 heavy (non-hydrogen) atoms. The number of nitrogens with one attached hydrogen (secondary N) is 2. The van der Waals surface area contributed by atoms with Gasteiger partial charge in [0, 0.05) is 30.4 Å². The Kier molecular flexibility index (Phi) is 4.46. The summed E-state index contributed by atoms with van der Waals surface area (Å²) in [4.78, 5) is 27.8. The lowest BCUT2D eigenvalue weighted by Gasteiger charge is -2.27. The number of carbonyl (C=O) groups is 1. The van der Waals surface area contributed by atoms with Crippen LogP contribution in [0.1, 0.15) is 17.5 Å². The molecule has 2 amide bonds. The van der Waals surface area contributed by atoms with E-state index in [2.05, 4.69) is 10.3 Å². The van der Waals surface area contributed by atoms with Gasteiger partial charge in [-0.25, -0.2) is 9.18 Å². The molecule has 0 atom stereocenters. The highest BCUT2D eigenvalue weighted by molar-refractivity contribution is 5.90. The third kappa shape index (κ3) is 3.37. The van der Waals surface area contributed by atoms with Crippen molar-refractivity contribution in [3.05, 3.63) is 69.9 Å². The zero-order chi connectivity index (χ0) is 17.1. The number of urea groups is 1. The number of benzene rings is 1. The minimum atomic E-state index is -0.245. The predicted molar refractivity (Wildman–Crippen MR) is 91.4 cm³/mol. The Labute approximate surface area is 138 Å². The summed E-state index contributed by atoms with van der Waals surface area (Å²) in [5.74, 6) is -0.245. The Morgan fingerprint density at radius 1 is 1.33 bits per heavy atom. The third-order valence-corrected chi connectivity index (χ3v) is 4.06. The van der Waals surface area contributed by atoms with Crippen molar-refractivity contribution >= 4 is 17.3 Å². The Morgan fingerprint density at radius 3 is 2.79 bits per heavy atom. The number of carbonyl (C=O) groups excluding carboxylic acids is 1. The third-order valence-electron chi connectivity index (χ3n) is 4.06. The molecule has 0 fully saturated rings. The van der Waals surface area contributed by atoms with E-state index in [4.69, 9.17) is 0 Å². The molecule has 6 heteroatoms. The second-order valence-corrected chi connectivity index (χ2v) is 5.74. The van der Waals surface area contributed by atoms with Crippen molar-refractivity contribution in [1.29, 1.82) is 0 Å². The predicted octanol–water partition coefficient (Wildman–Crippen LogP) is 3.14. The molecular weight excluding hydrogens is 309 g/mol. The first-order chi connectivity index (χ1) is 11.5. The van der Waals surface area contributed by atoms with Gasteiger partial charge < -0.3 is 15.2 Å². The lowest BCUT2D eigenvalue weighted by molar-refractivity contribution is 0.217. The van der Waals surface area contributed by atoms with Gasteiger partial charge in [0.1, 0.15) is 5.82 Å². The van der Waals surface area contributed by atoms with E-state index >= 15 is 0 Å². The molecule has 2 N–H and O–H groups in total. The molecule has 0 unspecified atom stereocenters. The van der Waals surface area contributed by atoms with Gasteiger partial charge in [-0.05, 0) is 31.1 Å². The van der Waals surface area contributed by atoms with Crippen LogP contribution in [-0.4, -0.2) is 29.0 Å². The number of anilines is 1. The van der Waals surface area contributed by atoms with Crippen LogP contribution in [0.3, 0.4) is 0 Å². The van der Waals surface area contributed by atoms with Crippen LogP contribution in [-0.2, 0) is 0 Å². The molecule has 0 spiro atoms. The first kappa shape index (κ1) is 16.0. The van der Waals surface area contributed by atoms with Crippen LogP contribution in [0.5, 0.6) is 0 Å². The maximum absolute atomic E-state index is 13.8. The molecule has 1 aromatic heterocycles. The Balaban J connectivity index is 1.67. The molecule has 3 rings (SSSR count). The fourth-order valence-corrected chi connectivity index (χ4v) is 2.69. The number of pyridine rings is 1. The first-order valence-corrected chi connectivity index (χ1v) is 7.74. The van der Waals surface area contributed by atoms with Crippen LogP contribution >= 0.6 is 0 Å². The molecule has 1 aliphatic rings. The second-order valence-electron chi connectivity index (χ2n) is 5.74. The number of hydrogen-bond donors (Lipinski definition) is 2. The largest absolute Gasteiger partial charge is 0.327 e. The molecular formula is C18H18FN3O2. The lowest BCUT2D eigenvalue weighted by Crippen LogP contribution is -2.38. The molecule has 2 aromatic rings. The molecule has 0 radical (unpaired) electrons. The van der Waals surface area contributed by atoms with Gasteiger partial charge in [0.25, 0.3) is 5.56 Å². The van der Waals surface area contributed by atoms with Crippen molar-refractivity contribution < 1.29 is 9.18 Å². The summed E-state index contributed by atoms with van der Waals surface area (Å²) in [6.45, 7) is 2.60. The maximum atomic E-state index is 13.8. The van der Waals surface area contributed by atoms with Crippen molar-refractivity contribution in [3.63, 3.8) is 0 Å². The van der Waals surface area contributed by atoms with Gasteiger partial charge in [0.15, 0.2) is 0 Å². The normalized spacial score (nSPS) is 14.2. The maximum Gasteiger partial charge on any atom is 0.322 e. The molecule has 0 saturated heterocycles. The van der Waals surface area contributed by atoms with Crippen LogP contribution in [0.15, 0.2) is 47.4 Å². The number of aromatic nitrogens is 1. The second kappa shape index (κ2) is 6.70. The number of H-pyrrole nitrogens is 1. The molecule has 5 nitrogen and oxygen atoms in total. The van der Waals surface area contributed by atoms with Gasteiger partial charge in [-0.3, -0.25) is 4.79 Å². The number of hydrogen-bond acceptors (Lipinski definition) is 2. The van der Waals surface area contributed by atoms with E-state index in [1.54, 1.807) is 36.1 Å². The quantitative estimate of drug-likeness (QED) is 0.890. The van der Waals surface area contributed by atoms with E-state index in [0.29, 0.717) is 36.3 Å². The van der Waals surface area contributed by atoms with Crippen LogP contribution in [0.25, 0.3) is 5.57 Å². The standard InChI is InChI=1S/C18H18FN3O2/c1-12-10-14(11-20-17(12)23)21-18(24)22-8-6-13(7-9-22)15-4-2-3-5-16(15)19/h2-6,10-11H,7-9H2,1H3,(H,20,23)(H,21,24). The average Bonchev–Trinajstić information content (AvgIpc) is 2.59. The highest BCUT2D eigenvalue weighted by Crippen LogP contribution is 2.24. The van der Waals surface area contributed by atoms with Gasteiger partial charge in [-0.1, -0.05) is 24.3 Å². The molecule has 0 aliphatic carbocycles. The van der Waals surface area contributed by atoms with Gasteiger partial charge in [-0.2, -0.15) is 0 Å². The van der Waals surface area contributed by atoms with E-state index in [0.717, 1.165) is 5.57 Å². The van der Waals surface area contributed by atoms with Crippen molar-refractivity contribution in [3.8, 4) is 0 Å². The highest BCUT2D eigenvalue weighted by Gasteiger charge is 2.19. The van der Waals surface area contributed by atoms with Crippen LogP contribution < -0.4 is 10.9 Å². The van der Waals surface area contributed by atoms with Crippen LogP contribution in [0.4, 0.5) is 14.9 Å². The summed E-state index contributed by atoms with van der Waals surface area (Å²) in [7, 11) is 0. The summed E-state index contributed by atoms with van der Waals surface area (Å²) in [6.07, 6.45) is 3.94. The number of halogens is 1. The van der Waals surface area contributed by atoms with E-state index in [9.17, 15) is 14.0 Å². The summed E-state index contributed by atoms with van der Waals surface area (Å²) in [6, 6.07) is 8.03. The van der Waals surface area contributed by atoms with E-state index in [1.165, 1.54) is 12.3 Å². The van der Waals surface area contributed by atoms with Crippen molar-refractivity contribution in [2.24, 2.45) is 0 Å². The summed E-state index contributed by atoms with van der Waals surface area (Å²) in [5, 5.41) is 2.76. The highest BCUT2D eigenvalue weighted by atomic mass is 19.1. The Hall–Kier alpha value is -2.89. The molecule has 0 bridgehead atoms. The SMILES string of the molecule is Cc1cc(NC(=O)N2CC=C(c3ccccc3F)CC2)c[nH]c1=O. The zero-order valence-electron chi connectivity index (χ0n) is 13.3. The molecule has 1 aromatic carbocycles. The van der Waals surface area contributed by atoms with Crippen LogP contribution in [0, 0.1) is 12.7 Å².